The van der Waals surface area contributed by atoms with Gasteiger partial charge >= 0.3 is 0 Å². The molecule has 0 radical (unpaired) electrons. The van der Waals surface area contributed by atoms with Crippen molar-refractivity contribution in [2.75, 3.05) is 0 Å². The van der Waals surface area contributed by atoms with Gasteiger partial charge in [-0.05, 0) is 30.5 Å². The Hall–Kier alpha value is -1.33. The molecule has 0 aliphatic carbocycles. The maximum Gasteiger partial charge on any atom is 0.123 e. The van der Waals surface area contributed by atoms with Gasteiger partial charge in [-0.3, -0.25) is 0 Å². The molecule has 2 unspecified atom stereocenters. The van der Waals surface area contributed by atoms with Crippen LogP contribution < -0.4 is 5.32 Å². The lowest BCUT2D eigenvalue weighted by molar-refractivity contribution is 0.419. The van der Waals surface area contributed by atoms with Gasteiger partial charge in [0.05, 0.1) is 0 Å². The number of hydrogen-bond donors (Lipinski definition) is 1. The van der Waals surface area contributed by atoms with Gasteiger partial charge in [0, 0.05) is 18.5 Å². The van der Waals surface area contributed by atoms with E-state index in [1.54, 1.807) is 12.1 Å². The van der Waals surface area contributed by atoms with Gasteiger partial charge in [-0.25, -0.2) is 4.39 Å². The number of benzene rings is 1. The van der Waals surface area contributed by atoms with Crippen molar-refractivity contribution in [3.05, 3.63) is 35.6 Å². The fourth-order valence-electron chi connectivity index (χ4n) is 1.92. The third-order valence-corrected chi connectivity index (χ3v) is 2.95. The highest BCUT2D eigenvalue weighted by Crippen LogP contribution is 2.19. The first-order valence-corrected chi connectivity index (χ1v) is 6.16. The van der Waals surface area contributed by atoms with Crippen molar-refractivity contribution in [2.45, 2.75) is 45.2 Å². The van der Waals surface area contributed by atoms with Crippen molar-refractivity contribution in [1.82, 2.24) is 5.32 Å². The third-order valence-electron chi connectivity index (χ3n) is 2.95. The summed E-state index contributed by atoms with van der Waals surface area (Å²) in [5, 5.41) is 3.49. The molecule has 0 amide bonds. The molecule has 0 heterocycles. The van der Waals surface area contributed by atoms with Crippen molar-refractivity contribution in [3.8, 4) is 12.3 Å². The molecular formula is C15H20FN. The molecule has 2 atom stereocenters. The highest BCUT2D eigenvalue weighted by Gasteiger charge is 2.14. The lowest BCUT2D eigenvalue weighted by Gasteiger charge is -2.23. The molecular weight excluding hydrogens is 213 g/mol. The predicted molar refractivity (Wildman–Crippen MR) is 70.1 cm³/mol. The maximum absolute atomic E-state index is 13.2. The molecule has 1 rings (SSSR count). The zero-order valence-electron chi connectivity index (χ0n) is 10.5. The monoisotopic (exact) mass is 233 g/mol. The van der Waals surface area contributed by atoms with E-state index in [2.05, 4.69) is 25.1 Å². The SMILES string of the molecule is C#CCC(CC)NC(CC)c1cccc(F)c1. The lowest BCUT2D eigenvalue weighted by Crippen LogP contribution is -2.31. The van der Waals surface area contributed by atoms with Gasteiger partial charge in [0.2, 0.25) is 0 Å². The van der Waals surface area contributed by atoms with E-state index < -0.39 is 0 Å². The Balaban J connectivity index is 2.74. The zero-order valence-corrected chi connectivity index (χ0v) is 10.5. The maximum atomic E-state index is 13.2. The molecule has 2 heteroatoms. The Morgan fingerprint density at radius 2 is 2.12 bits per heavy atom. The summed E-state index contributed by atoms with van der Waals surface area (Å²) in [5.74, 6) is 2.49. The molecule has 1 aromatic carbocycles. The molecule has 0 saturated carbocycles. The van der Waals surface area contributed by atoms with Crippen molar-refractivity contribution >= 4 is 0 Å². The highest BCUT2D eigenvalue weighted by molar-refractivity contribution is 5.20. The van der Waals surface area contributed by atoms with E-state index in [-0.39, 0.29) is 11.9 Å². The lowest BCUT2D eigenvalue weighted by atomic mass is 10.0. The van der Waals surface area contributed by atoms with E-state index in [0.717, 1.165) is 18.4 Å². The van der Waals surface area contributed by atoms with Gasteiger partial charge in [-0.1, -0.05) is 26.0 Å². The minimum absolute atomic E-state index is 0.170. The molecule has 17 heavy (non-hydrogen) atoms. The number of hydrogen-bond acceptors (Lipinski definition) is 1. The van der Waals surface area contributed by atoms with E-state index in [1.165, 1.54) is 6.07 Å². The summed E-state index contributed by atoms with van der Waals surface area (Å²) in [5.41, 5.74) is 0.989. The molecule has 0 bridgehead atoms. The van der Waals surface area contributed by atoms with Gasteiger partial charge in [0.15, 0.2) is 0 Å². The normalized spacial score (nSPS) is 14.0. The zero-order chi connectivity index (χ0) is 12.7. The first-order chi connectivity index (χ1) is 8.21. The van der Waals surface area contributed by atoms with E-state index in [1.807, 2.05) is 6.07 Å². The van der Waals surface area contributed by atoms with E-state index >= 15 is 0 Å². The molecule has 0 aromatic heterocycles. The van der Waals surface area contributed by atoms with Crippen molar-refractivity contribution in [1.29, 1.82) is 0 Å². The van der Waals surface area contributed by atoms with Crippen molar-refractivity contribution in [3.63, 3.8) is 0 Å². The predicted octanol–water partition coefficient (Wildman–Crippen LogP) is 3.67. The second kappa shape index (κ2) is 7.09. The fraction of sp³-hybridized carbons (Fsp3) is 0.467. The van der Waals surface area contributed by atoms with Gasteiger partial charge in [0.25, 0.3) is 0 Å². The van der Waals surface area contributed by atoms with Crippen LogP contribution in [0.5, 0.6) is 0 Å². The van der Waals surface area contributed by atoms with Gasteiger partial charge in [-0.2, -0.15) is 0 Å². The summed E-state index contributed by atoms with van der Waals surface area (Å²) in [7, 11) is 0. The summed E-state index contributed by atoms with van der Waals surface area (Å²) < 4.78 is 13.2. The molecule has 1 aromatic rings. The third kappa shape index (κ3) is 4.20. The standard InChI is InChI=1S/C15H20FN/c1-4-8-14(5-2)17-15(6-3)12-9-7-10-13(16)11-12/h1,7,9-11,14-15,17H,5-6,8H2,2-3H3. The topological polar surface area (TPSA) is 12.0 Å². The average Bonchev–Trinajstić information content (AvgIpc) is 2.34. The Morgan fingerprint density at radius 1 is 1.35 bits per heavy atom. The summed E-state index contributed by atoms with van der Waals surface area (Å²) in [6, 6.07) is 7.22. The van der Waals surface area contributed by atoms with Crippen LogP contribution in [-0.2, 0) is 0 Å². The van der Waals surface area contributed by atoms with Crippen molar-refractivity contribution < 1.29 is 4.39 Å². The summed E-state index contributed by atoms with van der Waals surface area (Å²) in [6.45, 7) is 4.19. The van der Waals surface area contributed by atoms with Crippen LogP contribution in [0.2, 0.25) is 0 Å². The van der Waals surface area contributed by atoms with Crippen LogP contribution in [0.3, 0.4) is 0 Å². The van der Waals surface area contributed by atoms with E-state index in [4.69, 9.17) is 6.42 Å². The van der Waals surface area contributed by atoms with Gasteiger partial charge in [-0.15, -0.1) is 12.3 Å². The number of rotatable bonds is 6. The smallest absolute Gasteiger partial charge is 0.123 e. The van der Waals surface area contributed by atoms with Crippen LogP contribution in [0, 0.1) is 18.2 Å². The number of terminal acetylenes is 1. The van der Waals surface area contributed by atoms with Crippen LogP contribution in [0.25, 0.3) is 0 Å². The molecule has 0 fully saturated rings. The number of nitrogens with one attached hydrogen (secondary N) is 1. The Morgan fingerprint density at radius 3 is 2.65 bits per heavy atom. The largest absolute Gasteiger partial charge is 0.306 e. The fourth-order valence-corrected chi connectivity index (χ4v) is 1.92. The van der Waals surface area contributed by atoms with E-state index in [0.29, 0.717) is 12.5 Å². The summed E-state index contributed by atoms with van der Waals surface area (Å²) >= 11 is 0. The molecule has 0 spiro atoms. The minimum Gasteiger partial charge on any atom is -0.306 e. The average molecular weight is 233 g/mol. The Bertz CT molecular complexity index is 381. The first kappa shape index (κ1) is 13.7. The Kier molecular flexibility index (Phi) is 5.72. The highest BCUT2D eigenvalue weighted by atomic mass is 19.1. The van der Waals surface area contributed by atoms with Crippen LogP contribution in [0.15, 0.2) is 24.3 Å². The molecule has 0 aliphatic heterocycles. The summed E-state index contributed by atoms with van der Waals surface area (Å²) in [6.07, 6.45) is 7.95. The molecule has 0 aliphatic rings. The Labute approximate surface area is 103 Å². The van der Waals surface area contributed by atoms with Crippen LogP contribution >= 0.6 is 0 Å². The first-order valence-electron chi connectivity index (χ1n) is 6.16. The van der Waals surface area contributed by atoms with Gasteiger partial charge < -0.3 is 5.32 Å². The van der Waals surface area contributed by atoms with Crippen molar-refractivity contribution in [2.24, 2.45) is 0 Å². The second-order valence-corrected chi connectivity index (χ2v) is 4.20. The molecule has 1 nitrogen and oxygen atoms in total. The molecule has 1 N–H and O–H groups in total. The van der Waals surface area contributed by atoms with Crippen LogP contribution in [0.4, 0.5) is 4.39 Å². The minimum atomic E-state index is -0.187. The molecule has 0 saturated heterocycles. The van der Waals surface area contributed by atoms with Crippen LogP contribution in [-0.4, -0.2) is 6.04 Å². The van der Waals surface area contributed by atoms with E-state index in [9.17, 15) is 4.39 Å². The summed E-state index contributed by atoms with van der Waals surface area (Å²) in [4.78, 5) is 0. The second-order valence-electron chi connectivity index (χ2n) is 4.20. The molecule has 92 valence electrons. The van der Waals surface area contributed by atoms with Gasteiger partial charge in [0.1, 0.15) is 5.82 Å². The quantitative estimate of drug-likeness (QED) is 0.739. The van der Waals surface area contributed by atoms with Crippen LogP contribution in [0.1, 0.15) is 44.7 Å². The number of halogens is 1.